The molecule has 2 aromatic carbocycles. The first-order chi connectivity index (χ1) is 12.1. The van der Waals surface area contributed by atoms with E-state index in [-0.39, 0.29) is 5.82 Å². The number of halogens is 1. The minimum absolute atomic E-state index is 0.320. The zero-order valence-corrected chi connectivity index (χ0v) is 16.8. The molecule has 0 aliphatic carbocycles. The zero-order valence-electron chi connectivity index (χ0n) is 16.0. The van der Waals surface area contributed by atoms with E-state index in [0.717, 1.165) is 22.3 Å². The predicted octanol–water partition coefficient (Wildman–Crippen LogP) is 3.72. The third-order valence-electron chi connectivity index (χ3n) is 4.31. The summed E-state index contributed by atoms with van der Waals surface area (Å²) < 4.78 is 42.3. The summed E-state index contributed by atoms with van der Waals surface area (Å²) in [5, 5.41) is 0. The number of sulfonamides is 1. The van der Waals surface area contributed by atoms with Gasteiger partial charge in [-0.2, -0.15) is 0 Å². The van der Waals surface area contributed by atoms with Gasteiger partial charge >= 0.3 is 0 Å². The Labute approximate surface area is 156 Å². The molecule has 0 amide bonds. The molecular weight excluding hydrogens is 351 g/mol. The van der Waals surface area contributed by atoms with Crippen molar-refractivity contribution in [3.8, 4) is 0 Å². The van der Waals surface area contributed by atoms with E-state index in [4.69, 9.17) is 0 Å². The first-order valence-electron chi connectivity index (χ1n) is 8.60. The van der Waals surface area contributed by atoms with Crippen LogP contribution < -0.4 is 4.72 Å². The highest BCUT2D eigenvalue weighted by Gasteiger charge is 2.25. The Morgan fingerprint density at radius 3 is 2.08 bits per heavy atom. The molecule has 0 radical (unpaired) electrons. The lowest BCUT2D eigenvalue weighted by Crippen LogP contribution is -2.32. The van der Waals surface area contributed by atoms with Gasteiger partial charge in [-0.15, -0.1) is 0 Å². The summed E-state index contributed by atoms with van der Waals surface area (Å²) in [6.07, 6.45) is 0.585. The van der Waals surface area contributed by atoms with Crippen molar-refractivity contribution in [3.05, 3.63) is 64.5 Å². The quantitative estimate of drug-likeness (QED) is 0.799. The van der Waals surface area contributed by atoms with Gasteiger partial charge in [0.2, 0.25) is 10.0 Å². The number of hydrogen-bond acceptors (Lipinski definition) is 3. The minimum Gasteiger partial charge on any atom is -0.309 e. The third kappa shape index (κ3) is 5.13. The Balaban J connectivity index is 2.38. The molecule has 0 aliphatic rings. The zero-order chi connectivity index (χ0) is 19.5. The van der Waals surface area contributed by atoms with E-state index in [2.05, 4.69) is 4.72 Å². The molecule has 6 heteroatoms. The van der Waals surface area contributed by atoms with E-state index in [1.54, 1.807) is 26.0 Å². The van der Waals surface area contributed by atoms with Gasteiger partial charge in [0.25, 0.3) is 0 Å². The van der Waals surface area contributed by atoms with E-state index in [9.17, 15) is 12.8 Å². The average molecular weight is 379 g/mol. The van der Waals surface area contributed by atoms with Crippen LogP contribution in [0.1, 0.15) is 34.7 Å². The fourth-order valence-electron chi connectivity index (χ4n) is 3.21. The van der Waals surface area contributed by atoms with Crippen LogP contribution in [0, 0.1) is 26.6 Å². The number of benzene rings is 2. The van der Waals surface area contributed by atoms with Gasteiger partial charge in [0.15, 0.2) is 0 Å². The number of aryl methyl sites for hydroxylation is 3. The van der Waals surface area contributed by atoms with E-state index < -0.39 is 16.1 Å². The highest BCUT2D eigenvalue weighted by atomic mass is 32.2. The predicted molar refractivity (Wildman–Crippen MR) is 103 cm³/mol. The van der Waals surface area contributed by atoms with Crippen LogP contribution in [-0.4, -0.2) is 34.0 Å². The van der Waals surface area contributed by atoms with Crippen molar-refractivity contribution in [2.24, 2.45) is 0 Å². The van der Waals surface area contributed by atoms with Crippen molar-refractivity contribution in [1.82, 2.24) is 9.62 Å². The Morgan fingerprint density at radius 2 is 1.58 bits per heavy atom. The molecule has 1 N–H and O–H groups in total. The van der Waals surface area contributed by atoms with Crippen LogP contribution in [0.2, 0.25) is 0 Å². The Bertz CT molecular complexity index is 839. The van der Waals surface area contributed by atoms with Crippen LogP contribution in [0.25, 0.3) is 0 Å². The molecule has 0 fully saturated rings. The first-order valence-corrected chi connectivity index (χ1v) is 10.1. The molecule has 0 spiro atoms. The second-order valence-corrected chi connectivity index (χ2v) is 8.70. The second-order valence-electron chi connectivity index (χ2n) is 7.05. The number of rotatable bonds is 7. The summed E-state index contributed by atoms with van der Waals surface area (Å²) in [5.74, 6) is -0.340. The van der Waals surface area contributed by atoms with Crippen molar-refractivity contribution in [2.45, 2.75) is 38.1 Å². The van der Waals surface area contributed by atoms with Crippen LogP contribution in [0.3, 0.4) is 0 Å². The lowest BCUT2D eigenvalue weighted by atomic mass is 10.0. The Hall–Kier alpha value is -1.76. The maximum Gasteiger partial charge on any atom is 0.241 e. The lowest BCUT2D eigenvalue weighted by Gasteiger charge is -2.22. The molecule has 0 aromatic heterocycles. The largest absolute Gasteiger partial charge is 0.309 e. The summed E-state index contributed by atoms with van der Waals surface area (Å²) in [6.45, 7) is 6.27. The average Bonchev–Trinajstić information content (AvgIpc) is 2.50. The third-order valence-corrected chi connectivity index (χ3v) is 6.08. The van der Waals surface area contributed by atoms with Crippen molar-refractivity contribution in [1.29, 1.82) is 0 Å². The normalized spacial score (nSPS) is 13.2. The summed E-state index contributed by atoms with van der Waals surface area (Å²) >= 11 is 0. The van der Waals surface area contributed by atoms with Crippen LogP contribution in [0.4, 0.5) is 4.39 Å². The Morgan fingerprint density at radius 1 is 1.04 bits per heavy atom. The molecule has 0 saturated carbocycles. The van der Waals surface area contributed by atoms with Crippen LogP contribution in [0.5, 0.6) is 0 Å². The molecule has 2 aromatic rings. The second kappa shape index (κ2) is 8.29. The van der Waals surface area contributed by atoms with Gasteiger partial charge in [-0.1, -0.05) is 29.8 Å². The molecule has 2 rings (SSSR count). The molecule has 0 saturated heterocycles. The number of hydrogen-bond donors (Lipinski definition) is 1. The fourth-order valence-corrected chi connectivity index (χ4v) is 4.92. The molecular formula is C20H27FN2O2S. The topological polar surface area (TPSA) is 49.4 Å². The van der Waals surface area contributed by atoms with Gasteiger partial charge in [0.05, 0.1) is 4.90 Å². The molecule has 1 atom stereocenters. The van der Waals surface area contributed by atoms with Gasteiger partial charge in [-0.05, 0) is 76.7 Å². The summed E-state index contributed by atoms with van der Waals surface area (Å²) in [7, 11) is 0.164. The van der Waals surface area contributed by atoms with Crippen LogP contribution >= 0.6 is 0 Å². The summed E-state index contributed by atoms with van der Waals surface area (Å²) in [5.41, 5.74) is 3.22. The molecule has 0 aliphatic heterocycles. The number of nitrogens with one attached hydrogen (secondary N) is 1. The van der Waals surface area contributed by atoms with Crippen LogP contribution in [-0.2, 0) is 10.0 Å². The van der Waals surface area contributed by atoms with Crippen molar-refractivity contribution in [3.63, 3.8) is 0 Å². The minimum atomic E-state index is -3.71. The first kappa shape index (κ1) is 20.6. The molecule has 0 bridgehead atoms. The number of nitrogens with zero attached hydrogens (tertiary/aromatic N) is 1. The van der Waals surface area contributed by atoms with Crippen LogP contribution in [0.15, 0.2) is 41.3 Å². The van der Waals surface area contributed by atoms with Crippen molar-refractivity contribution in [2.75, 3.05) is 20.6 Å². The van der Waals surface area contributed by atoms with E-state index >= 15 is 0 Å². The highest BCUT2D eigenvalue weighted by Crippen LogP contribution is 2.25. The Kier molecular flexibility index (Phi) is 6.55. The molecule has 0 heterocycles. The summed E-state index contributed by atoms with van der Waals surface area (Å²) in [4.78, 5) is 2.31. The maximum atomic E-state index is 13.3. The molecule has 142 valence electrons. The SMILES string of the molecule is Cc1cc(C)c(S(=O)(=O)NC(CCN(C)C)c2ccc(F)cc2)c(C)c1. The molecule has 1 unspecified atom stereocenters. The monoisotopic (exact) mass is 378 g/mol. The fraction of sp³-hybridized carbons (Fsp3) is 0.400. The van der Waals surface area contributed by atoms with Gasteiger partial charge in [-0.25, -0.2) is 17.5 Å². The van der Waals surface area contributed by atoms with E-state index in [0.29, 0.717) is 17.9 Å². The van der Waals surface area contributed by atoms with Gasteiger partial charge in [0.1, 0.15) is 5.82 Å². The molecule has 4 nitrogen and oxygen atoms in total. The smallest absolute Gasteiger partial charge is 0.241 e. The van der Waals surface area contributed by atoms with Gasteiger partial charge in [-0.3, -0.25) is 0 Å². The molecule has 26 heavy (non-hydrogen) atoms. The highest BCUT2D eigenvalue weighted by molar-refractivity contribution is 7.89. The summed E-state index contributed by atoms with van der Waals surface area (Å²) in [6, 6.07) is 9.29. The van der Waals surface area contributed by atoms with Gasteiger partial charge < -0.3 is 4.90 Å². The lowest BCUT2D eigenvalue weighted by molar-refractivity contribution is 0.374. The van der Waals surface area contributed by atoms with E-state index in [1.165, 1.54) is 12.1 Å². The van der Waals surface area contributed by atoms with E-state index in [1.807, 2.05) is 38.1 Å². The maximum absolute atomic E-state index is 13.3. The van der Waals surface area contributed by atoms with Crippen molar-refractivity contribution >= 4 is 10.0 Å². The van der Waals surface area contributed by atoms with Crippen molar-refractivity contribution < 1.29 is 12.8 Å². The standard InChI is InChI=1S/C20H27FN2O2S/c1-14-12-15(2)20(16(3)13-14)26(24,25)22-19(10-11-23(4)5)17-6-8-18(21)9-7-17/h6-9,12-13,19,22H,10-11H2,1-5H3. The van der Waals surface area contributed by atoms with Gasteiger partial charge in [0, 0.05) is 6.04 Å².